The molecule has 1 aliphatic heterocycles. The molecular formula is C15H19BO2. The summed E-state index contributed by atoms with van der Waals surface area (Å²) < 4.78 is 12.0. The predicted octanol–water partition coefficient (Wildman–Crippen LogP) is 2.28. The van der Waals surface area contributed by atoms with E-state index in [0.717, 1.165) is 16.6 Å². The van der Waals surface area contributed by atoms with Crippen molar-refractivity contribution < 1.29 is 9.31 Å². The standard InChI is InChI=1S/C15H19BO2/c1-7-12-8-11(2)9-13(10-12)16-17-14(3,4)15(5,6)18-16/h1,8-10H,2-6H3. The summed E-state index contributed by atoms with van der Waals surface area (Å²) in [6.45, 7) is 10.2. The van der Waals surface area contributed by atoms with Gasteiger partial charge in [0.2, 0.25) is 0 Å². The molecule has 1 heterocycles. The van der Waals surface area contributed by atoms with Crippen LogP contribution in [-0.2, 0) is 9.31 Å². The van der Waals surface area contributed by atoms with Crippen molar-refractivity contribution in [2.75, 3.05) is 0 Å². The molecule has 1 aromatic rings. The van der Waals surface area contributed by atoms with Crippen LogP contribution < -0.4 is 5.46 Å². The van der Waals surface area contributed by atoms with Gasteiger partial charge in [0.05, 0.1) is 11.2 Å². The highest BCUT2D eigenvalue weighted by atomic mass is 16.7. The second-order valence-corrected chi connectivity index (χ2v) is 5.86. The second kappa shape index (κ2) is 4.15. The third kappa shape index (κ3) is 2.19. The lowest BCUT2D eigenvalue weighted by Gasteiger charge is -2.32. The summed E-state index contributed by atoms with van der Waals surface area (Å²) in [5.74, 6) is 2.66. The monoisotopic (exact) mass is 242 g/mol. The van der Waals surface area contributed by atoms with Crippen LogP contribution in [0.2, 0.25) is 0 Å². The zero-order valence-electron chi connectivity index (χ0n) is 11.7. The fourth-order valence-corrected chi connectivity index (χ4v) is 2.01. The number of hydrogen-bond donors (Lipinski definition) is 0. The minimum atomic E-state index is -0.345. The van der Waals surface area contributed by atoms with Crippen molar-refractivity contribution in [1.29, 1.82) is 0 Å². The molecule has 0 radical (unpaired) electrons. The summed E-state index contributed by atoms with van der Waals surface area (Å²) in [6.07, 6.45) is 5.46. The Bertz CT molecular complexity index is 496. The molecule has 0 N–H and O–H groups in total. The fourth-order valence-electron chi connectivity index (χ4n) is 2.01. The zero-order valence-corrected chi connectivity index (χ0v) is 11.7. The van der Waals surface area contributed by atoms with Crippen LogP contribution in [-0.4, -0.2) is 18.3 Å². The molecule has 0 aliphatic carbocycles. The first kappa shape index (κ1) is 13.2. The summed E-state index contributed by atoms with van der Waals surface area (Å²) in [4.78, 5) is 0. The molecular weight excluding hydrogens is 223 g/mol. The minimum Gasteiger partial charge on any atom is -0.399 e. The Balaban J connectivity index is 2.36. The Kier molecular flexibility index (Phi) is 3.05. The lowest BCUT2D eigenvalue weighted by atomic mass is 9.77. The molecule has 94 valence electrons. The maximum absolute atomic E-state index is 6.01. The van der Waals surface area contributed by atoms with Gasteiger partial charge in [-0.1, -0.05) is 17.6 Å². The molecule has 18 heavy (non-hydrogen) atoms. The highest BCUT2D eigenvalue weighted by molar-refractivity contribution is 6.62. The molecule has 0 aromatic heterocycles. The van der Waals surface area contributed by atoms with Crippen LogP contribution >= 0.6 is 0 Å². The van der Waals surface area contributed by atoms with E-state index in [1.54, 1.807) is 0 Å². The molecule has 0 amide bonds. The van der Waals surface area contributed by atoms with Gasteiger partial charge in [0.25, 0.3) is 0 Å². The molecule has 0 spiro atoms. The summed E-state index contributed by atoms with van der Waals surface area (Å²) >= 11 is 0. The number of aryl methyl sites for hydroxylation is 1. The van der Waals surface area contributed by atoms with Gasteiger partial charge in [-0.2, -0.15) is 0 Å². The van der Waals surface area contributed by atoms with Crippen molar-refractivity contribution in [3.63, 3.8) is 0 Å². The predicted molar refractivity (Wildman–Crippen MR) is 74.8 cm³/mol. The quantitative estimate of drug-likeness (QED) is 0.555. The normalized spacial score (nSPS) is 20.8. The topological polar surface area (TPSA) is 18.5 Å². The Labute approximate surface area is 110 Å². The van der Waals surface area contributed by atoms with Crippen LogP contribution in [0.3, 0.4) is 0 Å². The van der Waals surface area contributed by atoms with Crippen LogP contribution in [0.4, 0.5) is 0 Å². The van der Waals surface area contributed by atoms with Crippen LogP contribution in [0.25, 0.3) is 0 Å². The smallest absolute Gasteiger partial charge is 0.399 e. The van der Waals surface area contributed by atoms with Crippen LogP contribution in [0.5, 0.6) is 0 Å². The number of hydrogen-bond acceptors (Lipinski definition) is 2. The first-order chi connectivity index (χ1) is 8.25. The van der Waals surface area contributed by atoms with Crippen molar-refractivity contribution in [1.82, 2.24) is 0 Å². The largest absolute Gasteiger partial charge is 0.494 e. The highest BCUT2D eigenvalue weighted by Crippen LogP contribution is 2.36. The van der Waals surface area contributed by atoms with Gasteiger partial charge in [-0.25, -0.2) is 0 Å². The molecule has 3 heteroatoms. The van der Waals surface area contributed by atoms with E-state index in [0.29, 0.717) is 0 Å². The molecule has 1 fully saturated rings. The number of rotatable bonds is 1. The molecule has 0 atom stereocenters. The Morgan fingerprint density at radius 3 is 2.11 bits per heavy atom. The highest BCUT2D eigenvalue weighted by Gasteiger charge is 2.51. The lowest BCUT2D eigenvalue weighted by Crippen LogP contribution is -2.41. The maximum atomic E-state index is 6.01. The van der Waals surface area contributed by atoms with E-state index in [4.69, 9.17) is 15.7 Å². The van der Waals surface area contributed by atoms with Crippen LogP contribution in [0, 0.1) is 19.3 Å². The van der Waals surface area contributed by atoms with Gasteiger partial charge in [0.1, 0.15) is 0 Å². The zero-order chi connectivity index (χ0) is 13.6. The van der Waals surface area contributed by atoms with E-state index in [9.17, 15) is 0 Å². The third-order valence-electron chi connectivity index (χ3n) is 3.79. The van der Waals surface area contributed by atoms with Gasteiger partial charge in [0.15, 0.2) is 0 Å². The Morgan fingerprint density at radius 2 is 1.61 bits per heavy atom. The first-order valence-corrected chi connectivity index (χ1v) is 6.19. The molecule has 0 unspecified atom stereocenters. The number of terminal acetylenes is 1. The third-order valence-corrected chi connectivity index (χ3v) is 3.79. The van der Waals surface area contributed by atoms with Gasteiger partial charge in [0, 0.05) is 5.56 Å². The fraction of sp³-hybridized carbons (Fsp3) is 0.467. The van der Waals surface area contributed by atoms with E-state index in [2.05, 4.69) is 12.0 Å². The summed E-state index contributed by atoms with van der Waals surface area (Å²) in [5, 5.41) is 0. The van der Waals surface area contributed by atoms with Crippen LogP contribution in [0.15, 0.2) is 18.2 Å². The molecule has 0 saturated carbocycles. The van der Waals surface area contributed by atoms with Crippen LogP contribution in [0.1, 0.15) is 38.8 Å². The van der Waals surface area contributed by atoms with Crippen molar-refractivity contribution in [3.05, 3.63) is 29.3 Å². The lowest BCUT2D eigenvalue weighted by molar-refractivity contribution is 0.00578. The number of benzene rings is 1. The maximum Gasteiger partial charge on any atom is 0.494 e. The molecule has 2 nitrogen and oxygen atoms in total. The van der Waals surface area contributed by atoms with E-state index in [1.807, 2.05) is 46.8 Å². The summed E-state index contributed by atoms with van der Waals surface area (Å²) in [6, 6.07) is 5.99. The van der Waals surface area contributed by atoms with Gasteiger partial charge < -0.3 is 9.31 Å². The minimum absolute atomic E-state index is 0.322. The van der Waals surface area contributed by atoms with Gasteiger partial charge >= 0.3 is 7.12 Å². The second-order valence-electron chi connectivity index (χ2n) is 5.86. The van der Waals surface area contributed by atoms with Gasteiger partial charge in [-0.05, 0) is 52.2 Å². The van der Waals surface area contributed by atoms with E-state index in [-0.39, 0.29) is 18.3 Å². The van der Waals surface area contributed by atoms with Gasteiger partial charge in [-0.3, -0.25) is 0 Å². The molecule has 2 rings (SSSR count). The summed E-state index contributed by atoms with van der Waals surface area (Å²) in [7, 11) is -0.345. The molecule has 1 aliphatic rings. The average molecular weight is 242 g/mol. The summed E-state index contributed by atoms with van der Waals surface area (Å²) in [5.41, 5.74) is 2.33. The van der Waals surface area contributed by atoms with Crippen molar-refractivity contribution in [2.45, 2.75) is 45.8 Å². The Morgan fingerprint density at radius 1 is 1.06 bits per heavy atom. The van der Waals surface area contributed by atoms with Crippen molar-refractivity contribution in [2.24, 2.45) is 0 Å². The van der Waals surface area contributed by atoms with Crippen molar-refractivity contribution >= 4 is 12.6 Å². The molecule has 0 bridgehead atoms. The first-order valence-electron chi connectivity index (χ1n) is 6.19. The SMILES string of the molecule is C#Cc1cc(C)cc(B2OC(C)(C)C(C)(C)O2)c1. The van der Waals surface area contributed by atoms with Crippen molar-refractivity contribution in [3.8, 4) is 12.3 Å². The Hall–Kier alpha value is -1.24. The van der Waals surface area contributed by atoms with E-state index in [1.165, 1.54) is 0 Å². The molecule has 1 aromatic carbocycles. The van der Waals surface area contributed by atoms with E-state index >= 15 is 0 Å². The van der Waals surface area contributed by atoms with Gasteiger partial charge in [-0.15, -0.1) is 6.42 Å². The molecule has 1 saturated heterocycles. The van der Waals surface area contributed by atoms with E-state index < -0.39 is 0 Å². The average Bonchev–Trinajstić information content (AvgIpc) is 2.47.